The molecule has 8 heteroatoms. The van der Waals surface area contributed by atoms with Gasteiger partial charge < -0.3 is 23.9 Å². The second kappa shape index (κ2) is 7.56. The number of nitrogens with one attached hydrogen (secondary N) is 1. The lowest BCUT2D eigenvalue weighted by Gasteiger charge is -2.18. The van der Waals surface area contributed by atoms with Crippen molar-refractivity contribution in [1.82, 2.24) is 19.4 Å². The molecule has 0 aliphatic carbocycles. The van der Waals surface area contributed by atoms with Gasteiger partial charge in [0, 0.05) is 46.2 Å². The second-order valence-electron chi connectivity index (χ2n) is 9.47. The van der Waals surface area contributed by atoms with Crippen LogP contribution in [0, 0.1) is 0 Å². The number of likely N-dealkylation sites (N-methyl/N-ethyl adjacent to an activating group) is 1. The highest BCUT2D eigenvalue weighted by molar-refractivity contribution is 6.39. The van der Waals surface area contributed by atoms with E-state index in [1.54, 1.807) is 7.11 Å². The number of nitrogens with zero attached hydrogens (tertiary/aromatic N) is 3. The minimum absolute atomic E-state index is 0.344. The average molecular weight is 471 g/mol. The SMILES string of the molecule is COc1ccc2c(c1)c1c3c(c4c5ccccc5n(CC(O)CN(C)C)c4c1n2C)C(=O)NC3=O. The number of rotatable bonds is 5. The van der Waals surface area contributed by atoms with Crippen LogP contribution < -0.4 is 10.1 Å². The van der Waals surface area contributed by atoms with Crippen LogP contribution >= 0.6 is 0 Å². The van der Waals surface area contributed by atoms with Crippen LogP contribution in [0.4, 0.5) is 0 Å². The predicted octanol–water partition coefficient (Wildman–Crippen LogP) is 3.25. The normalized spacial score (nSPS) is 14.6. The second-order valence-corrected chi connectivity index (χ2v) is 9.47. The molecule has 0 saturated heterocycles. The van der Waals surface area contributed by atoms with Crippen LogP contribution in [0.5, 0.6) is 5.75 Å². The summed E-state index contributed by atoms with van der Waals surface area (Å²) in [6.45, 7) is 0.837. The van der Waals surface area contributed by atoms with E-state index in [1.165, 1.54) is 0 Å². The fourth-order valence-corrected chi connectivity index (χ4v) is 5.70. The van der Waals surface area contributed by atoms with Crippen LogP contribution in [0.25, 0.3) is 43.6 Å². The number of aryl methyl sites for hydroxylation is 1. The molecular formula is C27H26N4O4. The summed E-state index contributed by atoms with van der Waals surface area (Å²) in [6, 6.07) is 13.6. The summed E-state index contributed by atoms with van der Waals surface area (Å²) >= 11 is 0. The van der Waals surface area contributed by atoms with E-state index in [2.05, 4.69) is 14.5 Å². The van der Waals surface area contributed by atoms with Gasteiger partial charge in [-0.1, -0.05) is 18.2 Å². The van der Waals surface area contributed by atoms with E-state index in [4.69, 9.17) is 4.74 Å². The first-order valence-electron chi connectivity index (χ1n) is 11.5. The van der Waals surface area contributed by atoms with E-state index >= 15 is 0 Å². The Morgan fingerprint density at radius 1 is 0.971 bits per heavy atom. The Labute approximate surface area is 201 Å². The molecule has 2 aromatic heterocycles. The standard InChI is InChI=1S/C27H26N4O4/c1-29(2)12-14(32)13-31-19-8-6-5-7-16(19)20-22-23(27(34)28-26(22)33)21-17-11-15(35-4)9-10-18(17)30(3)24(21)25(20)31/h5-11,14,32H,12-13H2,1-4H3,(H,28,33,34). The van der Waals surface area contributed by atoms with E-state index in [0.29, 0.717) is 30.0 Å². The van der Waals surface area contributed by atoms with Gasteiger partial charge in [-0.3, -0.25) is 14.9 Å². The van der Waals surface area contributed by atoms with Gasteiger partial charge in [0.05, 0.1) is 41.9 Å². The van der Waals surface area contributed by atoms with Crippen LogP contribution in [0.15, 0.2) is 42.5 Å². The maximum Gasteiger partial charge on any atom is 0.259 e. The predicted molar refractivity (Wildman–Crippen MR) is 136 cm³/mol. The van der Waals surface area contributed by atoms with Crippen LogP contribution in [-0.2, 0) is 13.6 Å². The zero-order valence-corrected chi connectivity index (χ0v) is 20.0. The zero-order valence-electron chi connectivity index (χ0n) is 20.0. The van der Waals surface area contributed by atoms with Crippen molar-refractivity contribution in [2.24, 2.45) is 7.05 Å². The molecule has 178 valence electrons. The van der Waals surface area contributed by atoms with Crippen LogP contribution in [0.3, 0.4) is 0 Å². The first-order chi connectivity index (χ1) is 16.8. The van der Waals surface area contributed by atoms with Crippen molar-refractivity contribution in [1.29, 1.82) is 0 Å². The van der Waals surface area contributed by atoms with Crippen molar-refractivity contribution in [3.05, 3.63) is 53.6 Å². The molecule has 3 aromatic carbocycles. The summed E-state index contributed by atoms with van der Waals surface area (Å²) in [4.78, 5) is 28.3. The number of fused-ring (bicyclic) bond motifs is 10. The molecule has 2 amide bonds. The number of amides is 2. The van der Waals surface area contributed by atoms with Gasteiger partial charge in [-0.15, -0.1) is 0 Å². The molecular weight excluding hydrogens is 444 g/mol. The van der Waals surface area contributed by atoms with Crippen molar-refractivity contribution in [2.75, 3.05) is 27.7 Å². The van der Waals surface area contributed by atoms with Gasteiger partial charge in [0.15, 0.2) is 0 Å². The molecule has 1 aliphatic rings. The van der Waals surface area contributed by atoms with Crippen LogP contribution in [0.1, 0.15) is 20.7 Å². The fraction of sp³-hybridized carbons (Fsp3) is 0.259. The first kappa shape index (κ1) is 21.6. The zero-order chi connectivity index (χ0) is 24.6. The Hall–Kier alpha value is -3.88. The van der Waals surface area contributed by atoms with Crippen LogP contribution in [0.2, 0.25) is 0 Å². The van der Waals surface area contributed by atoms with Gasteiger partial charge in [-0.25, -0.2) is 0 Å². The third-order valence-corrected chi connectivity index (χ3v) is 7.00. The van der Waals surface area contributed by atoms with Crippen molar-refractivity contribution >= 4 is 55.4 Å². The molecule has 3 heterocycles. The number of hydrogen-bond donors (Lipinski definition) is 2. The number of para-hydroxylation sites is 1. The van der Waals surface area contributed by atoms with Gasteiger partial charge in [-0.05, 0) is 38.4 Å². The minimum atomic E-state index is -0.627. The third kappa shape index (κ3) is 2.93. The number of aliphatic hydroxyl groups excluding tert-OH is 1. The van der Waals surface area contributed by atoms with Gasteiger partial charge in [0.1, 0.15) is 5.75 Å². The molecule has 35 heavy (non-hydrogen) atoms. The summed E-state index contributed by atoms with van der Waals surface area (Å²) in [5, 5.41) is 16.6. The summed E-state index contributed by atoms with van der Waals surface area (Å²) < 4.78 is 9.63. The Morgan fingerprint density at radius 3 is 2.34 bits per heavy atom. The number of carbonyl (C=O) groups is 2. The molecule has 5 aromatic rings. The average Bonchev–Trinajstić information content (AvgIpc) is 3.41. The topological polar surface area (TPSA) is 88.7 Å². The van der Waals surface area contributed by atoms with E-state index in [9.17, 15) is 14.7 Å². The lowest BCUT2D eigenvalue weighted by molar-refractivity contribution is 0.0880. The maximum absolute atomic E-state index is 13.2. The fourth-order valence-electron chi connectivity index (χ4n) is 5.70. The molecule has 0 spiro atoms. The molecule has 0 radical (unpaired) electrons. The number of ether oxygens (including phenoxy) is 1. The lowest BCUT2D eigenvalue weighted by Crippen LogP contribution is -2.29. The molecule has 0 fully saturated rings. The Morgan fingerprint density at radius 2 is 1.66 bits per heavy atom. The van der Waals surface area contributed by atoms with E-state index in [0.717, 1.165) is 43.6 Å². The van der Waals surface area contributed by atoms with E-state index < -0.39 is 17.9 Å². The highest BCUT2D eigenvalue weighted by atomic mass is 16.5. The van der Waals surface area contributed by atoms with Crippen molar-refractivity contribution < 1.29 is 19.4 Å². The monoisotopic (exact) mass is 470 g/mol. The largest absolute Gasteiger partial charge is 0.497 e. The molecule has 8 nitrogen and oxygen atoms in total. The third-order valence-electron chi connectivity index (χ3n) is 7.00. The molecule has 0 bridgehead atoms. The Balaban J connectivity index is 1.87. The lowest BCUT2D eigenvalue weighted by atomic mass is 9.96. The number of hydrogen-bond acceptors (Lipinski definition) is 5. The number of imide groups is 1. The van der Waals surface area contributed by atoms with Gasteiger partial charge in [0.25, 0.3) is 11.8 Å². The molecule has 2 N–H and O–H groups in total. The maximum atomic E-state index is 13.2. The number of benzene rings is 3. The summed E-state index contributed by atoms with van der Waals surface area (Å²) in [5.41, 5.74) is 4.30. The summed E-state index contributed by atoms with van der Waals surface area (Å²) in [6.07, 6.45) is -0.627. The summed E-state index contributed by atoms with van der Waals surface area (Å²) in [7, 11) is 7.42. The van der Waals surface area contributed by atoms with Gasteiger partial charge >= 0.3 is 0 Å². The highest BCUT2D eigenvalue weighted by Crippen LogP contribution is 2.45. The van der Waals surface area contributed by atoms with Crippen molar-refractivity contribution in [3.63, 3.8) is 0 Å². The molecule has 0 saturated carbocycles. The minimum Gasteiger partial charge on any atom is -0.497 e. The van der Waals surface area contributed by atoms with Gasteiger partial charge in [0.2, 0.25) is 0 Å². The Bertz CT molecular complexity index is 1710. The molecule has 1 atom stereocenters. The van der Waals surface area contributed by atoms with Crippen molar-refractivity contribution in [2.45, 2.75) is 12.6 Å². The van der Waals surface area contributed by atoms with Crippen molar-refractivity contribution in [3.8, 4) is 5.75 Å². The smallest absolute Gasteiger partial charge is 0.259 e. The van der Waals surface area contributed by atoms with E-state index in [1.807, 2.05) is 68.5 Å². The van der Waals surface area contributed by atoms with Gasteiger partial charge in [-0.2, -0.15) is 0 Å². The highest BCUT2D eigenvalue weighted by Gasteiger charge is 2.36. The van der Waals surface area contributed by atoms with E-state index in [-0.39, 0.29) is 0 Å². The number of carbonyl (C=O) groups excluding carboxylic acids is 2. The molecule has 1 unspecified atom stereocenters. The molecule has 1 aliphatic heterocycles. The van der Waals surface area contributed by atoms with Crippen LogP contribution in [-0.4, -0.2) is 64.8 Å². The molecule has 6 rings (SSSR count). The number of aliphatic hydroxyl groups is 1. The first-order valence-corrected chi connectivity index (χ1v) is 11.5. The quantitative estimate of drug-likeness (QED) is 0.385. The Kier molecular flexibility index (Phi) is 4.67. The number of aromatic nitrogens is 2. The summed E-state index contributed by atoms with van der Waals surface area (Å²) in [5.74, 6) is -0.115. The number of methoxy groups -OCH3 is 1.